The van der Waals surface area contributed by atoms with Crippen LogP contribution in [0.5, 0.6) is 0 Å². The van der Waals surface area contributed by atoms with Crippen molar-refractivity contribution >= 4 is 29.6 Å². The maximum Gasteiger partial charge on any atom is 0.321 e. The maximum atomic E-state index is 12.1. The SMILES string of the molecule is O=C(CSc1nnc(N2CCOCC2)n1C1CC1)NC(=O)NC1CCCC1. The highest BCUT2D eigenvalue weighted by atomic mass is 32.2. The van der Waals surface area contributed by atoms with Crippen molar-refractivity contribution in [2.45, 2.75) is 55.8 Å². The molecule has 1 aliphatic heterocycles. The van der Waals surface area contributed by atoms with Crippen molar-refractivity contribution in [3.05, 3.63) is 0 Å². The largest absolute Gasteiger partial charge is 0.378 e. The van der Waals surface area contributed by atoms with E-state index in [4.69, 9.17) is 4.74 Å². The zero-order chi connectivity index (χ0) is 18.6. The van der Waals surface area contributed by atoms with Gasteiger partial charge in [0, 0.05) is 25.2 Å². The fourth-order valence-electron chi connectivity index (χ4n) is 3.58. The second kappa shape index (κ2) is 8.47. The van der Waals surface area contributed by atoms with E-state index in [1.807, 2.05) is 0 Å². The fourth-order valence-corrected chi connectivity index (χ4v) is 4.38. The number of nitrogens with zero attached hydrogens (tertiary/aromatic N) is 4. The lowest BCUT2D eigenvalue weighted by Gasteiger charge is -2.27. The summed E-state index contributed by atoms with van der Waals surface area (Å²) in [7, 11) is 0. The van der Waals surface area contributed by atoms with Crippen LogP contribution < -0.4 is 15.5 Å². The molecular formula is C17H26N6O3S. The van der Waals surface area contributed by atoms with E-state index in [9.17, 15) is 9.59 Å². The monoisotopic (exact) mass is 394 g/mol. The quantitative estimate of drug-likeness (QED) is 0.702. The molecule has 9 nitrogen and oxygen atoms in total. The van der Waals surface area contributed by atoms with Gasteiger partial charge in [-0.05, 0) is 25.7 Å². The summed E-state index contributed by atoms with van der Waals surface area (Å²) in [5, 5.41) is 14.7. The Morgan fingerprint density at radius 2 is 1.85 bits per heavy atom. The minimum Gasteiger partial charge on any atom is -0.378 e. The van der Waals surface area contributed by atoms with Crippen LogP contribution in [0.15, 0.2) is 5.16 Å². The van der Waals surface area contributed by atoms with Gasteiger partial charge in [-0.2, -0.15) is 0 Å². The number of carbonyl (C=O) groups excluding carboxylic acids is 2. The highest BCUT2D eigenvalue weighted by Crippen LogP contribution is 2.41. The van der Waals surface area contributed by atoms with E-state index in [0.717, 1.165) is 62.7 Å². The smallest absolute Gasteiger partial charge is 0.321 e. The van der Waals surface area contributed by atoms with Gasteiger partial charge in [-0.25, -0.2) is 4.79 Å². The van der Waals surface area contributed by atoms with Gasteiger partial charge in [0.2, 0.25) is 11.9 Å². The predicted molar refractivity (Wildman–Crippen MR) is 101 cm³/mol. The summed E-state index contributed by atoms with van der Waals surface area (Å²) in [6.07, 6.45) is 6.47. The van der Waals surface area contributed by atoms with Gasteiger partial charge >= 0.3 is 6.03 Å². The van der Waals surface area contributed by atoms with Gasteiger partial charge in [-0.3, -0.25) is 14.7 Å². The number of aromatic nitrogens is 3. The molecule has 1 aromatic heterocycles. The van der Waals surface area contributed by atoms with Gasteiger partial charge in [0.25, 0.3) is 0 Å². The normalized spacial score (nSPS) is 20.7. The van der Waals surface area contributed by atoms with Gasteiger partial charge in [0.05, 0.1) is 19.0 Å². The third kappa shape index (κ3) is 4.73. The van der Waals surface area contributed by atoms with Crippen molar-refractivity contribution in [1.29, 1.82) is 0 Å². The van der Waals surface area contributed by atoms with Crippen LogP contribution in [0.2, 0.25) is 0 Å². The number of morpholine rings is 1. The molecule has 2 aliphatic carbocycles. The van der Waals surface area contributed by atoms with Crippen molar-refractivity contribution in [2.75, 3.05) is 37.0 Å². The first-order chi connectivity index (χ1) is 13.2. The zero-order valence-electron chi connectivity index (χ0n) is 15.4. The summed E-state index contributed by atoms with van der Waals surface area (Å²) in [4.78, 5) is 26.2. The second-order valence-electron chi connectivity index (χ2n) is 7.27. The standard InChI is InChI=1S/C17H26N6O3S/c24-14(19-15(25)18-12-3-1-2-4-12)11-27-17-21-20-16(23(17)13-5-6-13)22-7-9-26-10-8-22/h12-13H,1-11H2,(H2,18,19,24,25). The van der Waals surface area contributed by atoms with Gasteiger partial charge < -0.3 is 15.0 Å². The molecule has 1 aromatic rings. The maximum absolute atomic E-state index is 12.1. The van der Waals surface area contributed by atoms with E-state index in [-0.39, 0.29) is 17.7 Å². The topological polar surface area (TPSA) is 101 Å². The van der Waals surface area contributed by atoms with Crippen LogP contribution in [0.3, 0.4) is 0 Å². The van der Waals surface area contributed by atoms with Crippen molar-refractivity contribution in [3.8, 4) is 0 Å². The number of thioether (sulfide) groups is 1. The summed E-state index contributed by atoms with van der Waals surface area (Å²) in [6.45, 7) is 2.99. The third-order valence-electron chi connectivity index (χ3n) is 5.13. The summed E-state index contributed by atoms with van der Waals surface area (Å²) < 4.78 is 7.55. The molecule has 0 spiro atoms. The summed E-state index contributed by atoms with van der Waals surface area (Å²) >= 11 is 1.33. The van der Waals surface area contributed by atoms with Crippen LogP contribution in [0.4, 0.5) is 10.7 Å². The lowest BCUT2D eigenvalue weighted by atomic mass is 10.2. The number of ether oxygens (including phenoxy) is 1. The van der Waals surface area contributed by atoms with Gasteiger partial charge in [-0.1, -0.05) is 24.6 Å². The van der Waals surface area contributed by atoms with Crippen LogP contribution in [0.1, 0.15) is 44.6 Å². The highest BCUT2D eigenvalue weighted by molar-refractivity contribution is 7.99. The molecule has 2 heterocycles. The van der Waals surface area contributed by atoms with E-state index in [1.54, 1.807) is 0 Å². The van der Waals surface area contributed by atoms with Crippen molar-refractivity contribution < 1.29 is 14.3 Å². The number of carbonyl (C=O) groups is 2. The third-order valence-corrected chi connectivity index (χ3v) is 6.07. The second-order valence-corrected chi connectivity index (χ2v) is 8.22. The molecule has 148 valence electrons. The Balaban J connectivity index is 1.31. The van der Waals surface area contributed by atoms with E-state index in [0.29, 0.717) is 19.3 Å². The molecule has 27 heavy (non-hydrogen) atoms. The van der Waals surface area contributed by atoms with Gasteiger partial charge in [0.15, 0.2) is 5.16 Å². The summed E-state index contributed by atoms with van der Waals surface area (Å²) in [5.74, 6) is 0.697. The molecule has 4 rings (SSSR count). The number of hydrogen-bond acceptors (Lipinski definition) is 7. The minimum absolute atomic E-state index is 0.145. The molecule has 3 amide bonds. The van der Waals surface area contributed by atoms with Crippen LogP contribution in [0, 0.1) is 0 Å². The fraction of sp³-hybridized carbons (Fsp3) is 0.765. The molecule has 2 N–H and O–H groups in total. The molecule has 0 unspecified atom stereocenters. The Morgan fingerprint density at radius 3 is 2.56 bits per heavy atom. The van der Waals surface area contributed by atoms with Gasteiger partial charge in [0.1, 0.15) is 0 Å². The molecule has 2 saturated carbocycles. The molecular weight excluding hydrogens is 368 g/mol. The molecule has 0 atom stereocenters. The number of nitrogens with one attached hydrogen (secondary N) is 2. The average Bonchev–Trinajstić information content (AvgIpc) is 3.21. The molecule has 1 saturated heterocycles. The Bertz CT molecular complexity index is 680. The molecule has 0 radical (unpaired) electrons. The lowest BCUT2D eigenvalue weighted by molar-refractivity contribution is -0.117. The van der Waals surface area contributed by atoms with E-state index in [2.05, 4.69) is 30.3 Å². The van der Waals surface area contributed by atoms with Crippen LogP contribution in [-0.2, 0) is 9.53 Å². The Kier molecular flexibility index (Phi) is 5.82. The number of rotatable bonds is 6. The van der Waals surface area contributed by atoms with E-state index in [1.165, 1.54) is 11.8 Å². The highest BCUT2D eigenvalue weighted by Gasteiger charge is 2.32. The number of amides is 3. The Morgan fingerprint density at radius 1 is 1.11 bits per heavy atom. The van der Waals surface area contributed by atoms with E-state index >= 15 is 0 Å². The number of urea groups is 1. The predicted octanol–water partition coefficient (Wildman–Crippen LogP) is 1.31. The summed E-state index contributed by atoms with van der Waals surface area (Å²) in [5.41, 5.74) is 0. The van der Waals surface area contributed by atoms with Crippen molar-refractivity contribution in [2.24, 2.45) is 0 Å². The first-order valence-corrected chi connectivity index (χ1v) is 10.7. The lowest BCUT2D eigenvalue weighted by Crippen LogP contribution is -2.44. The average molecular weight is 395 g/mol. The molecule has 3 fully saturated rings. The molecule has 0 bridgehead atoms. The summed E-state index contributed by atoms with van der Waals surface area (Å²) in [6, 6.07) is 0.207. The number of imide groups is 1. The Hall–Kier alpha value is -1.81. The van der Waals surface area contributed by atoms with Crippen LogP contribution >= 0.6 is 11.8 Å². The number of hydrogen-bond donors (Lipinski definition) is 2. The van der Waals surface area contributed by atoms with Crippen LogP contribution in [-0.4, -0.2) is 64.8 Å². The zero-order valence-corrected chi connectivity index (χ0v) is 16.2. The van der Waals surface area contributed by atoms with Crippen LogP contribution in [0.25, 0.3) is 0 Å². The van der Waals surface area contributed by atoms with Gasteiger partial charge in [-0.15, -0.1) is 10.2 Å². The molecule has 3 aliphatic rings. The number of anilines is 1. The first kappa shape index (κ1) is 18.5. The first-order valence-electron chi connectivity index (χ1n) is 9.71. The molecule has 10 heteroatoms. The minimum atomic E-state index is -0.398. The van der Waals surface area contributed by atoms with Crippen molar-refractivity contribution in [3.63, 3.8) is 0 Å². The Labute approximate surface area is 162 Å². The molecule has 0 aromatic carbocycles. The van der Waals surface area contributed by atoms with E-state index < -0.39 is 6.03 Å². The van der Waals surface area contributed by atoms with Crippen molar-refractivity contribution in [1.82, 2.24) is 25.4 Å².